The molecule has 1 aromatic rings. The Morgan fingerprint density at radius 1 is 1.56 bits per heavy atom. The van der Waals surface area contributed by atoms with E-state index in [1.54, 1.807) is 13.0 Å². The molecule has 0 fully saturated rings. The molecule has 1 unspecified atom stereocenters. The average molecular weight is 237 g/mol. The summed E-state index contributed by atoms with van der Waals surface area (Å²) < 4.78 is 10.4. The molecule has 0 amide bonds. The maximum absolute atomic E-state index is 11.5. The summed E-state index contributed by atoms with van der Waals surface area (Å²) in [5, 5.41) is 2.95. The van der Waals surface area contributed by atoms with E-state index in [2.05, 4.69) is 5.32 Å². The molecular weight excluding hydrogens is 226 g/mol. The summed E-state index contributed by atoms with van der Waals surface area (Å²) in [6, 6.07) is 7.30. The normalized spacial score (nSPS) is 18.1. The predicted molar refractivity (Wildman–Crippen MR) is 63.7 cm³/mol. The van der Waals surface area contributed by atoms with Crippen molar-refractivity contribution in [1.82, 2.24) is 0 Å². The van der Waals surface area contributed by atoms with E-state index in [-0.39, 0.29) is 0 Å². The van der Waals surface area contributed by atoms with Gasteiger partial charge in [-0.05, 0) is 19.1 Å². The van der Waals surface area contributed by atoms with Crippen molar-refractivity contribution in [2.45, 2.75) is 13.0 Å². The number of carbonyl (C=O) groups is 1. The first-order chi connectivity index (χ1) is 7.72. The van der Waals surface area contributed by atoms with Gasteiger partial charge in [-0.25, -0.2) is 4.79 Å². The second-order valence-electron chi connectivity index (χ2n) is 3.24. The number of hydrogen-bond acceptors (Lipinski definition) is 4. The summed E-state index contributed by atoms with van der Waals surface area (Å²) in [4.78, 5) is 11.9. The standard InChI is InChI=1S/C11H11NO3S/c1-2-14-11(13)9-10(16)12-7-5-3-4-6-8(7)15-9/h3-6,9H,2H2,1H3,(H,12,16). The molecule has 16 heavy (non-hydrogen) atoms. The molecule has 1 N–H and O–H groups in total. The van der Waals surface area contributed by atoms with Crippen molar-refractivity contribution in [3.8, 4) is 5.75 Å². The highest BCUT2D eigenvalue weighted by Gasteiger charge is 2.31. The second-order valence-corrected chi connectivity index (χ2v) is 3.68. The Labute approximate surface area is 98.5 Å². The maximum Gasteiger partial charge on any atom is 0.354 e. The highest BCUT2D eigenvalue weighted by Crippen LogP contribution is 2.29. The smallest absolute Gasteiger partial charge is 0.354 e. The Balaban J connectivity index is 2.21. The van der Waals surface area contributed by atoms with Gasteiger partial charge in [-0.2, -0.15) is 0 Å². The molecule has 84 valence electrons. The number of para-hydroxylation sites is 2. The predicted octanol–water partition coefficient (Wildman–Crippen LogP) is 1.75. The van der Waals surface area contributed by atoms with Crippen LogP contribution in [0.1, 0.15) is 6.92 Å². The number of esters is 1. The Morgan fingerprint density at radius 2 is 2.31 bits per heavy atom. The van der Waals surface area contributed by atoms with E-state index >= 15 is 0 Å². The lowest BCUT2D eigenvalue weighted by Crippen LogP contribution is -2.42. The van der Waals surface area contributed by atoms with Gasteiger partial charge >= 0.3 is 5.97 Å². The van der Waals surface area contributed by atoms with Crippen molar-refractivity contribution >= 4 is 28.9 Å². The number of anilines is 1. The van der Waals surface area contributed by atoms with E-state index in [0.29, 0.717) is 17.3 Å². The Kier molecular flexibility index (Phi) is 3.05. The molecule has 1 aromatic carbocycles. The largest absolute Gasteiger partial charge is 0.469 e. The van der Waals surface area contributed by atoms with Crippen LogP contribution in [0, 0.1) is 0 Å². The Bertz CT molecular complexity index is 433. The third-order valence-electron chi connectivity index (χ3n) is 2.13. The van der Waals surface area contributed by atoms with Crippen LogP contribution in [0.3, 0.4) is 0 Å². The number of carbonyl (C=O) groups excluding carboxylic acids is 1. The molecule has 4 nitrogen and oxygen atoms in total. The third kappa shape index (κ3) is 1.99. The summed E-state index contributed by atoms with van der Waals surface area (Å²) in [6.07, 6.45) is -0.843. The topological polar surface area (TPSA) is 47.6 Å². The molecule has 0 aromatic heterocycles. The van der Waals surface area contributed by atoms with Gasteiger partial charge in [0.2, 0.25) is 6.10 Å². The van der Waals surface area contributed by atoms with Crippen LogP contribution in [0.15, 0.2) is 24.3 Å². The van der Waals surface area contributed by atoms with Crippen molar-refractivity contribution in [3.05, 3.63) is 24.3 Å². The summed E-state index contributed by atoms with van der Waals surface area (Å²) in [5.74, 6) is 0.142. The number of benzene rings is 1. The number of rotatable bonds is 2. The van der Waals surface area contributed by atoms with Crippen molar-refractivity contribution in [1.29, 1.82) is 0 Å². The molecule has 0 spiro atoms. The lowest BCUT2D eigenvalue weighted by atomic mass is 10.2. The summed E-state index contributed by atoms with van der Waals surface area (Å²) in [6.45, 7) is 2.05. The highest BCUT2D eigenvalue weighted by molar-refractivity contribution is 7.80. The number of thiocarbonyl (C=S) groups is 1. The number of nitrogens with one attached hydrogen (secondary N) is 1. The molecule has 0 aliphatic carbocycles. The molecule has 0 bridgehead atoms. The first kappa shape index (κ1) is 10.9. The van der Waals surface area contributed by atoms with Gasteiger partial charge in [-0.1, -0.05) is 24.4 Å². The third-order valence-corrected chi connectivity index (χ3v) is 2.44. The van der Waals surface area contributed by atoms with Crippen LogP contribution in [0.5, 0.6) is 5.75 Å². The first-order valence-electron chi connectivity index (χ1n) is 4.95. The molecule has 0 saturated heterocycles. The SMILES string of the molecule is CCOC(=O)C1Oc2ccccc2NC1=S. The van der Waals surface area contributed by atoms with Crippen LogP contribution in [-0.4, -0.2) is 23.7 Å². The van der Waals surface area contributed by atoms with E-state index in [9.17, 15) is 4.79 Å². The quantitative estimate of drug-likeness (QED) is 0.627. The first-order valence-corrected chi connectivity index (χ1v) is 5.36. The Morgan fingerprint density at radius 3 is 3.06 bits per heavy atom. The van der Waals surface area contributed by atoms with E-state index in [1.165, 1.54) is 0 Å². The van der Waals surface area contributed by atoms with Gasteiger partial charge in [-0.15, -0.1) is 0 Å². The van der Waals surface area contributed by atoms with Gasteiger partial charge in [0.1, 0.15) is 10.7 Å². The molecule has 1 heterocycles. The number of fused-ring (bicyclic) bond motifs is 1. The second kappa shape index (κ2) is 4.49. The van der Waals surface area contributed by atoms with Crippen LogP contribution in [0.2, 0.25) is 0 Å². The maximum atomic E-state index is 11.5. The Hall–Kier alpha value is -1.62. The van der Waals surface area contributed by atoms with E-state index < -0.39 is 12.1 Å². The fourth-order valence-electron chi connectivity index (χ4n) is 1.42. The lowest BCUT2D eigenvalue weighted by molar-refractivity contribution is -0.148. The van der Waals surface area contributed by atoms with Crippen LogP contribution >= 0.6 is 12.2 Å². The minimum absolute atomic E-state index is 0.308. The van der Waals surface area contributed by atoms with Gasteiger partial charge in [0.15, 0.2) is 0 Å². The van der Waals surface area contributed by atoms with Crippen LogP contribution in [-0.2, 0) is 9.53 Å². The van der Waals surface area contributed by atoms with Crippen LogP contribution in [0.25, 0.3) is 0 Å². The summed E-state index contributed by atoms with van der Waals surface area (Å²) in [5.41, 5.74) is 0.771. The number of ether oxygens (including phenoxy) is 2. The van der Waals surface area contributed by atoms with Gasteiger partial charge in [-0.3, -0.25) is 0 Å². The highest BCUT2D eigenvalue weighted by atomic mass is 32.1. The van der Waals surface area contributed by atoms with Gasteiger partial charge in [0, 0.05) is 0 Å². The summed E-state index contributed by atoms with van der Waals surface area (Å²) >= 11 is 5.06. The van der Waals surface area contributed by atoms with Gasteiger partial charge in [0.05, 0.1) is 12.3 Å². The minimum atomic E-state index is -0.843. The van der Waals surface area contributed by atoms with E-state index in [1.807, 2.05) is 18.2 Å². The fraction of sp³-hybridized carbons (Fsp3) is 0.273. The lowest BCUT2D eigenvalue weighted by Gasteiger charge is -2.26. The van der Waals surface area contributed by atoms with Crippen molar-refractivity contribution < 1.29 is 14.3 Å². The minimum Gasteiger partial charge on any atom is -0.469 e. The molecule has 5 heteroatoms. The number of hydrogen-bond donors (Lipinski definition) is 1. The molecule has 1 aliphatic heterocycles. The van der Waals surface area contributed by atoms with Gasteiger partial charge in [0.25, 0.3) is 0 Å². The van der Waals surface area contributed by atoms with Crippen molar-refractivity contribution in [2.24, 2.45) is 0 Å². The molecule has 2 rings (SSSR count). The fourth-order valence-corrected chi connectivity index (χ4v) is 1.68. The molecule has 0 saturated carbocycles. The zero-order chi connectivity index (χ0) is 11.5. The van der Waals surface area contributed by atoms with Crippen LogP contribution in [0.4, 0.5) is 5.69 Å². The summed E-state index contributed by atoms with van der Waals surface area (Å²) in [7, 11) is 0. The van der Waals surface area contributed by atoms with Gasteiger partial charge < -0.3 is 14.8 Å². The average Bonchev–Trinajstić information content (AvgIpc) is 2.28. The molecular formula is C11H11NO3S. The monoisotopic (exact) mass is 237 g/mol. The van der Waals surface area contributed by atoms with Crippen molar-refractivity contribution in [2.75, 3.05) is 11.9 Å². The zero-order valence-electron chi connectivity index (χ0n) is 8.73. The van der Waals surface area contributed by atoms with E-state index in [0.717, 1.165) is 5.69 Å². The zero-order valence-corrected chi connectivity index (χ0v) is 9.54. The molecule has 1 aliphatic rings. The van der Waals surface area contributed by atoms with Crippen molar-refractivity contribution in [3.63, 3.8) is 0 Å². The molecule has 1 atom stereocenters. The van der Waals surface area contributed by atoms with E-state index in [4.69, 9.17) is 21.7 Å². The van der Waals surface area contributed by atoms with Crippen LogP contribution < -0.4 is 10.1 Å². The molecule has 0 radical (unpaired) electrons.